The van der Waals surface area contributed by atoms with Crippen LogP contribution in [0.1, 0.15) is 50.8 Å². The number of carbonyl (C=O) groups excluding carboxylic acids is 3. The number of hydrogen-bond donors (Lipinski definition) is 1. The number of halogens is 1. The lowest BCUT2D eigenvalue weighted by Crippen LogP contribution is -2.56. The summed E-state index contributed by atoms with van der Waals surface area (Å²) in [6.07, 6.45) is 0.722. The highest BCUT2D eigenvalue weighted by Gasteiger charge is 2.41. The number of ether oxygens (including phenoxy) is 1. The van der Waals surface area contributed by atoms with Gasteiger partial charge < -0.3 is 15.0 Å². The van der Waals surface area contributed by atoms with E-state index in [1.165, 1.54) is 13.8 Å². The predicted octanol–water partition coefficient (Wildman–Crippen LogP) is 4.38. The Hall–Kier alpha value is -3.14. The summed E-state index contributed by atoms with van der Waals surface area (Å²) in [6.45, 7) is 4.76. The van der Waals surface area contributed by atoms with Gasteiger partial charge in [-0.15, -0.1) is 0 Å². The molecule has 1 fully saturated rings. The molecular weight excluding hydrogens is 440 g/mol. The average Bonchev–Trinajstić information content (AvgIpc) is 2.77. The van der Waals surface area contributed by atoms with E-state index < -0.39 is 18.2 Å². The minimum absolute atomic E-state index is 0.0904. The normalized spacial score (nSPS) is 18.8. The molecule has 1 saturated heterocycles. The van der Waals surface area contributed by atoms with Crippen LogP contribution in [0.25, 0.3) is 0 Å². The standard InChI is InChI=1S/C26H27ClN2O4/c1-4-7-23(17(2)30)29-24(15-12-19-8-5-6-9-22(19)28-18(3)31)26(33-16-25(29)32)20-10-13-21(27)14-11-20/h5-6,8-11,13-14,23-24,26H,4,7,16H2,1-3H3,(H,28,31)/t23-,24-,26+/m0/s1. The van der Waals surface area contributed by atoms with E-state index in [1.807, 2.05) is 25.1 Å². The lowest BCUT2D eigenvalue weighted by molar-refractivity contribution is -0.161. The fraction of sp³-hybridized carbons (Fsp3) is 0.346. The Bertz CT molecular complexity index is 1090. The van der Waals surface area contributed by atoms with E-state index in [9.17, 15) is 14.4 Å². The molecular formula is C26H27ClN2O4. The number of hydrogen-bond acceptors (Lipinski definition) is 4. The first-order valence-corrected chi connectivity index (χ1v) is 11.3. The monoisotopic (exact) mass is 466 g/mol. The number of nitrogens with zero attached hydrogens (tertiary/aromatic N) is 1. The molecule has 0 bridgehead atoms. The number of Topliss-reactive ketones (excluding diaryl/α,β-unsaturated/α-hetero) is 1. The van der Waals surface area contributed by atoms with E-state index in [0.29, 0.717) is 22.7 Å². The number of anilines is 1. The SMILES string of the molecule is CCC[C@@H](C(C)=O)N1C(=O)CO[C@H](c2ccc(Cl)cc2)[C@@H]1C#Cc1ccccc1NC(C)=O. The van der Waals surface area contributed by atoms with Crippen molar-refractivity contribution in [1.82, 2.24) is 4.90 Å². The van der Waals surface area contributed by atoms with Crippen LogP contribution in [0.3, 0.4) is 0 Å². The fourth-order valence-corrected chi connectivity index (χ4v) is 4.05. The number of carbonyl (C=O) groups is 3. The van der Waals surface area contributed by atoms with Gasteiger partial charge in [0.05, 0.1) is 11.7 Å². The van der Waals surface area contributed by atoms with E-state index in [4.69, 9.17) is 16.3 Å². The number of rotatable bonds is 6. The molecule has 2 aromatic rings. The minimum Gasteiger partial charge on any atom is -0.360 e. The molecule has 0 aromatic heterocycles. The lowest BCUT2D eigenvalue weighted by atomic mass is 9.95. The number of nitrogens with one attached hydrogen (secondary N) is 1. The van der Waals surface area contributed by atoms with E-state index in [0.717, 1.165) is 12.0 Å². The van der Waals surface area contributed by atoms with Gasteiger partial charge in [-0.25, -0.2) is 0 Å². The zero-order chi connectivity index (χ0) is 24.0. The van der Waals surface area contributed by atoms with Crippen LogP contribution in [0.5, 0.6) is 0 Å². The Morgan fingerprint density at radius 2 is 1.88 bits per heavy atom. The first-order chi connectivity index (χ1) is 15.8. The Balaban J connectivity index is 2.09. The highest BCUT2D eigenvalue weighted by molar-refractivity contribution is 6.30. The second-order valence-electron chi connectivity index (χ2n) is 7.94. The van der Waals surface area contributed by atoms with Crippen LogP contribution in [0.15, 0.2) is 48.5 Å². The third-order valence-electron chi connectivity index (χ3n) is 5.42. The summed E-state index contributed by atoms with van der Waals surface area (Å²) in [5.41, 5.74) is 1.99. The highest BCUT2D eigenvalue weighted by Crippen LogP contribution is 2.32. The van der Waals surface area contributed by atoms with Crippen molar-refractivity contribution in [1.29, 1.82) is 0 Å². The maximum atomic E-state index is 13.0. The molecule has 1 aliphatic rings. The fourth-order valence-electron chi connectivity index (χ4n) is 3.93. The predicted molar refractivity (Wildman–Crippen MR) is 128 cm³/mol. The Morgan fingerprint density at radius 3 is 2.52 bits per heavy atom. The van der Waals surface area contributed by atoms with Crippen molar-refractivity contribution < 1.29 is 19.1 Å². The minimum atomic E-state index is -0.696. The van der Waals surface area contributed by atoms with E-state index in [1.54, 1.807) is 35.2 Å². The van der Waals surface area contributed by atoms with Crippen molar-refractivity contribution in [3.8, 4) is 11.8 Å². The number of para-hydroxylation sites is 1. The number of ketones is 1. The Labute approximate surface area is 199 Å². The van der Waals surface area contributed by atoms with E-state index >= 15 is 0 Å². The molecule has 1 heterocycles. The van der Waals surface area contributed by atoms with Crippen LogP contribution >= 0.6 is 11.6 Å². The molecule has 1 N–H and O–H groups in total. The molecule has 3 rings (SSSR count). The molecule has 2 amide bonds. The van der Waals surface area contributed by atoms with E-state index in [-0.39, 0.29) is 24.2 Å². The van der Waals surface area contributed by atoms with Crippen molar-refractivity contribution in [2.24, 2.45) is 0 Å². The summed E-state index contributed by atoms with van der Waals surface area (Å²) in [7, 11) is 0. The summed E-state index contributed by atoms with van der Waals surface area (Å²) in [4.78, 5) is 38.7. The molecule has 0 aliphatic carbocycles. The van der Waals surface area contributed by atoms with Crippen molar-refractivity contribution in [3.05, 3.63) is 64.7 Å². The van der Waals surface area contributed by atoms with Crippen LogP contribution in [-0.4, -0.2) is 41.2 Å². The van der Waals surface area contributed by atoms with Gasteiger partial charge in [0.25, 0.3) is 0 Å². The van der Waals surface area contributed by atoms with Crippen LogP contribution in [0, 0.1) is 11.8 Å². The number of benzene rings is 2. The van der Waals surface area contributed by atoms with Gasteiger partial charge in [-0.2, -0.15) is 0 Å². The Kier molecular flexibility index (Phi) is 8.26. The lowest BCUT2D eigenvalue weighted by Gasteiger charge is -2.42. The van der Waals surface area contributed by atoms with Crippen LogP contribution < -0.4 is 5.32 Å². The van der Waals surface area contributed by atoms with Crippen molar-refractivity contribution in [2.75, 3.05) is 11.9 Å². The van der Waals surface area contributed by atoms with Gasteiger partial charge in [0.1, 0.15) is 18.8 Å². The maximum absolute atomic E-state index is 13.0. The van der Waals surface area contributed by atoms with E-state index in [2.05, 4.69) is 17.2 Å². The molecule has 33 heavy (non-hydrogen) atoms. The first-order valence-electron chi connectivity index (χ1n) is 10.9. The molecule has 0 unspecified atom stereocenters. The van der Waals surface area contributed by atoms with Gasteiger partial charge in [-0.3, -0.25) is 14.4 Å². The highest BCUT2D eigenvalue weighted by atomic mass is 35.5. The molecule has 7 heteroatoms. The van der Waals surface area contributed by atoms with Gasteiger partial charge in [-0.1, -0.05) is 61.1 Å². The summed E-state index contributed by atoms with van der Waals surface area (Å²) >= 11 is 6.06. The van der Waals surface area contributed by atoms with Gasteiger partial charge in [0.15, 0.2) is 5.78 Å². The summed E-state index contributed by atoms with van der Waals surface area (Å²) in [6, 6.07) is 13.1. The first kappa shape index (κ1) is 24.5. The van der Waals surface area contributed by atoms with Gasteiger partial charge in [0, 0.05) is 17.5 Å². The number of amides is 2. The van der Waals surface area contributed by atoms with Crippen LogP contribution in [0.4, 0.5) is 5.69 Å². The third kappa shape index (κ3) is 6.01. The van der Waals surface area contributed by atoms with Crippen molar-refractivity contribution >= 4 is 34.9 Å². The second-order valence-corrected chi connectivity index (χ2v) is 8.38. The molecule has 0 spiro atoms. The second kappa shape index (κ2) is 11.1. The van der Waals surface area contributed by atoms with Crippen molar-refractivity contribution in [2.45, 2.75) is 51.8 Å². The molecule has 0 saturated carbocycles. The summed E-state index contributed by atoms with van der Waals surface area (Å²) in [5, 5.41) is 3.35. The largest absolute Gasteiger partial charge is 0.360 e. The average molecular weight is 467 g/mol. The van der Waals surface area contributed by atoms with Gasteiger partial charge in [0.2, 0.25) is 11.8 Å². The van der Waals surface area contributed by atoms with Gasteiger partial charge >= 0.3 is 0 Å². The molecule has 1 aliphatic heterocycles. The van der Waals surface area contributed by atoms with Gasteiger partial charge in [-0.05, 0) is 43.2 Å². The maximum Gasteiger partial charge on any atom is 0.250 e. The molecule has 2 aromatic carbocycles. The quantitative estimate of drug-likeness (QED) is 0.641. The summed E-state index contributed by atoms with van der Waals surface area (Å²) < 4.78 is 5.93. The summed E-state index contributed by atoms with van der Waals surface area (Å²) in [5.74, 6) is 5.72. The van der Waals surface area contributed by atoms with Crippen LogP contribution in [0.2, 0.25) is 5.02 Å². The van der Waals surface area contributed by atoms with Crippen LogP contribution in [-0.2, 0) is 19.1 Å². The Morgan fingerprint density at radius 1 is 1.18 bits per heavy atom. The topological polar surface area (TPSA) is 75.7 Å². The van der Waals surface area contributed by atoms with Crippen molar-refractivity contribution in [3.63, 3.8) is 0 Å². The number of morpholine rings is 1. The molecule has 172 valence electrons. The zero-order valence-electron chi connectivity index (χ0n) is 18.9. The molecule has 0 radical (unpaired) electrons. The molecule has 3 atom stereocenters. The smallest absolute Gasteiger partial charge is 0.250 e. The third-order valence-corrected chi connectivity index (χ3v) is 5.67. The zero-order valence-corrected chi connectivity index (χ0v) is 19.7. The molecule has 6 nitrogen and oxygen atoms in total.